The summed E-state index contributed by atoms with van der Waals surface area (Å²) in [6, 6.07) is 12.3. The number of hydrogen-bond donors (Lipinski definition) is 3. The summed E-state index contributed by atoms with van der Waals surface area (Å²) in [5, 5.41) is 2.77. The van der Waals surface area contributed by atoms with Crippen molar-refractivity contribution < 1.29 is 30.4 Å². The van der Waals surface area contributed by atoms with Crippen LogP contribution in [-0.2, 0) is 20.0 Å². The van der Waals surface area contributed by atoms with E-state index in [-0.39, 0.29) is 46.4 Å². The van der Waals surface area contributed by atoms with Crippen molar-refractivity contribution in [2.45, 2.75) is 30.9 Å². The van der Waals surface area contributed by atoms with Crippen molar-refractivity contribution in [2.24, 2.45) is 0 Å². The van der Waals surface area contributed by atoms with Gasteiger partial charge < -0.3 is 10.1 Å². The van der Waals surface area contributed by atoms with Gasteiger partial charge in [0.05, 0.1) is 27.6 Å². The fraction of sp³-hybridized carbons (Fsp3) is 0.231. The smallest absolute Gasteiger partial charge is 0.238 e. The first-order valence-corrected chi connectivity index (χ1v) is 16.1. The van der Waals surface area contributed by atoms with Crippen molar-refractivity contribution >= 4 is 65.4 Å². The third-order valence-electron chi connectivity index (χ3n) is 6.11. The van der Waals surface area contributed by atoms with Crippen LogP contribution in [0.2, 0.25) is 0 Å². The number of anilines is 4. The van der Waals surface area contributed by atoms with Crippen LogP contribution < -0.4 is 19.5 Å². The van der Waals surface area contributed by atoms with E-state index in [1.807, 2.05) is 22.6 Å². The Bertz CT molecular complexity index is 1630. The summed E-state index contributed by atoms with van der Waals surface area (Å²) >= 11 is 1.95. The van der Waals surface area contributed by atoms with Crippen LogP contribution in [0.25, 0.3) is 0 Å². The van der Waals surface area contributed by atoms with Gasteiger partial charge in [0.1, 0.15) is 23.1 Å². The van der Waals surface area contributed by atoms with Gasteiger partial charge in [0.15, 0.2) is 5.75 Å². The molecule has 1 saturated carbocycles. The molecule has 0 aliphatic heterocycles. The predicted molar refractivity (Wildman–Crippen MR) is 158 cm³/mol. The van der Waals surface area contributed by atoms with Gasteiger partial charge in [0.2, 0.25) is 20.0 Å². The van der Waals surface area contributed by atoms with Crippen molar-refractivity contribution in [1.29, 1.82) is 0 Å². The van der Waals surface area contributed by atoms with Crippen molar-refractivity contribution in [3.63, 3.8) is 0 Å². The first-order valence-electron chi connectivity index (χ1n) is 11.8. The van der Waals surface area contributed by atoms with Gasteiger partial charge in [0.25, 0.3) is 0 Å². The summed E-state index contributed by atoms with van der Waals surface area (Å²) in [6.45, 7) is 5.14. The van der Waals surface area contributed by atoms with Gasteiger partial charge in [-0.05, 0) is 85.2 Å². The quantitative estimate of drug-likeness (QED) is 0.144. The highest BCUT2D eigenvalue weighted by Crippen LogP contribution is 2.49. The van der Waals surface area contributed by atoms with Crippen molar-refractivity contribution in [3.05, 3.63) is 82.5 Å². The maximum Gasteiger partial charge on any atom is 0.238 e. The minimum Gasteiger partial charge on any atom is -0.455 e. The lowest BCUT2D eigenvalue weighted by atomic mass is 10.2. The van der Waals surface area contributed by atoms with Gasteiger partial charge >= 0.3 is 0 Å². The molecule has 4 rings (SSSR count). The molecule has 0 aromatic heterocycles. The second-order valence-electron chi connectivity index (χ2n) is 8.99. The molecule has 3 aromatic rings. The van der Waals surface area contributed by atoms with Gasteiger partial charge in [-0.3, -0.25) is 9.44 Å². The average molecular weight is 690 g/mol. The summed E-state index contributed by atoms with van der Waals surface area (Å²) in [7, 11) is -7.58. The highest BCUT2D eigenvalue weighted by molar-refractivity contribution is 14.1. The van der Waals surface area contributed by atoms with Gasteiger partial charge in [0, 0.05) is 15.7 Å². The summed E-state index contributed by atoms with van der Waals surface area (Å²) in [4.78, 5) is 0. The van der Waals surface area contributed by atoms with E-state index in [4.69, 9.17) is 4.74 Å². The standard InChI is InChI=1S/C26H26F2IN3O5S2/c1-3-10-26(11-12-26)39(35,36)32-25-23(30-22-9-8-18(29)15-21(22)28)13-17(27)14-24(25)37-20-7-5-6-19(16-20)31-38(33,34)4-2/h3,5-9,13-16,30-32H,1,4,10-12H2,2H3. The molecule has 0 radical (unpaired) electrons. The number of sulfonamides is 2. The number of benzene rings is 3. The fourth-order valence-electron chi connectivity index (χ4n) is 3.83. The lowest BCUT2D eigenvalue weighted by Crippen LogP contribution is -2.29. The number of hydrogen-bond acceptors (Lipinski definition) is 6. The minimum atomic E-state index is -4.01. The Hall–Kier alpha value is -2.91. The zero-order chi connectivity index (χ0) is 28.4. The molecule has 0 spiro atoms. The van der Waals surface area contributed by atoms with Gasteiger partial charge in [-0.2, -0.15) is 0 Å². The predicted octanol–water partition coefficient (Wildman–Crippen LogP) is 6.72. The monoisotopic (exact) mass is 689 g/mol. The molecule has 1 fully saturated rings. The average Bonchev–Trinajstić information content (AvgIpc) is 3.65. The fourth-order valence-corrected chi connectivity index (χ4v) is 6.59. The molecule has 0 atom stereocenters. The molecule has 0 heterocycles. The van der Waals surface area contributed by atoms with Crippen LogP contribution in [0.1, 0.15) is 26.2 Å². The third-order valence-corrected chi connectivity index (χ3v) is 10.3. The third kappa shape index (κ3) is 6.81. The molecule has 208 valence electrons. The van der Waals surface area contributed by atoms with Gasteiger partial charge in [-0.25, -0.2) is 25.6 Å². The van der Waals surface area contributed by atoms with Crippen LogP contribution in [0.15, 0.2) is 67.3 Å². The Morgan fingerprint density at radius 1 is 1.03 bits per heavy atom. The second kappa shape index (κ2) is 11.3. The summed E-state index contributed by atoms with van der Waals surface area (Å²) in [6.07, 6.45) is 2.57. The van der Waals surface area contributed by atoms with Crippen LogP contribution in [0.5, 0.6) is 11.5 Å². The van der Waals surface area contributed by atoms with Crippen molar-refractivity contribution in [1.82, 2.24) is 0 Å². The first kappa shape index (κ1) is 29.1. The van der Waals surface area contributed by atoms with E-state index in [1.54, 1.807) is 6.07 Å². The Kier molecular flexibility index (Phi) is 8.42. The minimum absolute atomic E-state index is 0.00406. The first-order chi connectivity index (χ1) is 18.4. The second-order valence-corrected chi connectivity index (χ2v) is 14.3. The number of nitrogens with one attached hydrogen (secondary N) is 3. The van der Waals surface area contributed by atoms with E-state index >= 15 is 0 Å². The van der Waals surface area contributed by atoms with E-state index in [1.165, 1.54) is 49.4 Å². The summed E-state index contributed by atoms with van der Waals surface area (Å²) in [5.74, 6) is -1.65. The van der Waals surface area contributed by atoms with E-state index in [9.17, 15) is 25.6 Å². The lowest BCUT2D eigenvalue weighted by Gasteiger charge is -2.22. The number of rotatable bonds is 12. The zero-order valence-corrected chi connectivity index (χ0v) is 24.6. The van der Waals surface area contributed by atoms with Gasteiger partial charge in [-0.1, -0.05) is 12.1 Å². The Morgan fingerprint density at radius 2 is 1.77 bits per heavy atom. The van der Waals surface area contributed by atoms with Gasteiger partial charge in [-0.15, -0.1) is 6.58 Å². The van der Waals surface area contributed by atoms with E-state index in [0.717, 1.165) is 12.1 Å². The van der Waals surface area contributed by atoms with Crippen LogP contribution in [0, 0.1) is 15.2 Å². The Balaban J connectivity index is 1.78. The molecule has 13 heteroatoms. The number of halogens is 3. The molecule has 1 aliphatic carbocycles. The van der Waals surface area contributed by atoms with Crippen LogP contribution in [0.3, 0.4) is 0 Å². The maximum atomic E-state index is 14.8. The molecule has 0 bridgehead atoms. The highest BCUT2D eigenvalue weighted by Gasteiger charge is 2.54. The lowest BCUT2D eigenvalue weighted by molar-refractivity contribution is 0.479. The number of allylic oxidation sites excluding steroid dienone is 1. The molecule has 0 unspecified atom stereocenters. The molecule has 1 aliphatic rings. The Morgan fingerprint density at radius 3 is 2.41 bits per heavy atom. The maximum absolute atomic E-state index is 14.8. The van der Waals surface area contributed by atoms with E-state index in [2.05, 4.69) is 21.3 Å². The molecule has 39 heavy (non-hydrogen) atoms. The van der Waals surface area contributed by atoms with E-state index < -0.39 is 36.4 Å². The molecule has 3 N–H and O–H groups in total. The zero-order valence-electron chi connectivity index (χ0n) is 20.8. The number of ether oxygens (including phenoxy) is 1. The Labute approximate surface area is 240 Å². The van der Waals surface area contributed by atoms with E-state index in [0.29, 0.717) is 16.4 Å². The van der Waals surface area contributed by atoms with Crippen LogP contribution in [-0.4, -0.2) is 27.3 Å². The molecule has 0 saturated heterocycles. The molecule has 0 amide bonds. The molecular weight excluding hydrogens is 663 g/mol. The van der Waals surface area contributed by atoms with Crippen LogP contribution >= 0.6 is 22.6 Å². The summed E-state index contributed by atoms with van der Waals surface area (Å²) < 4.78 is 90.7. The topological polar surface area (TPSA) is 114 Å². The molecule has 8 nitrogen and oxygen atoms in total. The normalized spacial score (nSPS) is 14.4. The molecular formula is C26H26F2IN3O5S2. The van der Waals surface area contributed by atoms with Crippen molar-refractivity contribution in [2.75, 3.05) is 20.5 Å². The van der Waals surface area contributed by atoms with Crippen LogP contribution in [0.4, 0.5) is 31.5 Å². The highest BCUT2D eigenvalue weighted by atomic mass is 127. The SMILES string of the molecule is C=CCC1(S(=O)(=O)Nc2c(Nc3ccc(I)cc3F)cc(F)cc2Oc2cccc(NS(=O)(=O)CC)c2)CC1. The molecule has 3 aromatic carbocycles. The van der Waals surface area contributed by atoms with Crippen molar-refractivity contribution in [3.8, 4) is 11.5 Å². The summed E-state index contributed by atoms with van der Waals surface area (Å²) in [5.41, 5.74) is -0.0131. The largest absolute Gasteiger partial charge is 0.455 e.